The molecule has 0 bridgehead atoms. The highest BCUT2D eigenvalue weighted by molar-refractivity contribution is 6.09. The highest BCUT2D eigenvalue weighted by Gasteiger charge is 2.80. The number of hydrogen-bond donors (Lipinski definition) is 1. The third-order valence-electron chi connectivity index (χ3n) is 4.39. The molecule has 0 radical (unpaired) electrons. The Morgan fingerprint density at radius 3 is 2.43 bits per heavy atom. The van der Waals surface area contributed by atoms with Crippen molar-refractivity contribution in [2.24, 2.45) is 22.7 Å². The van der Waals surface area contributed by atoms with Gasteiger partial charge in [-0.25, -0.2) is 0 Å². The van der Waals surface area contributed by atoms with E-state index in [-0.39, 0.29) is 23.0 Å². The Bertz CT molecular complexity index is 318. The van der Waals surface area contributed by atoms with Crippen LogP contribution in [0.2, 0.25) is 0 Å². The lowest BCUT2D eigenvalue weighted by molar-refractivity contribution is -0.153. The third kappa shape index (κ3) is 0.748. The van der Waals surface area contributed by atoms with E-state index in [9.17, 15) is 14.7 Å². The van der Waals surface area contributed by atoms with Gasteiger partial charge in [-0.3, -0.25) is 9.59 Å². The van der Waals surface area contributed by atoms with Gasteiger partial charge >= 0.3 is 5.97 Å². The normalized spacial score (nSPS) is 44.4. The van der Waals surface area contributed by atoms with Gasteiger partial charge in [0.25, 0.3) is 0 Å². The highest BCUT2D eigenvalue weighted by atomic mass is 16.4. The van der Waals surface area contributed by atoms with Crippen molar-refractivity contribution in [3.05, 3.63) is 0 Å². The monoisotopic (exact) mass is 196 g/mol. The van der Waals surface area contributed by atoms with Crippen molar-refractivity contribution in [1.82, 2.24) is 0 Å². The summed E-state index contributed by atoms with van der Waals surface area (Å²) in [5.74, 6) is -0.976. The zero-order valence-corrected chi connectivity index (χ0v) is 8.83. The van der Waals surface area contributed by atoms with Crippen LogP contribution in [0.5, 0.6) is 0 Å². The molecule has 2 fully saturated rings. The summed E-state index contributed by atoms with van der Waals surface area (Å²) in [5.41, 5.74) is -1.38. The van der Waals surface area contributed by atoms with Crippen molar-refractivity contribution in [1.29, 1.82) is 0 Å². The molecule has 2 aliphatic carbocycles. The molecule has 0 aromatic carbocycles. The van der Waals surface area contributed by atoms with Crippen LogP contribution >= 0.6 is 0 Å². The van der Waals surface area contributed by atoms with E-state index in [2.05, 4.69) is 0 Å². The largest absolute Gasteiger partial charge is 0.480 e. The maximum atomic E-state index is 12.0. The summed E-state index contributed by atoms with van der Waals surface area (Å²) >= 11 is 0. The summed E-state index contributed by atoms with van der Waals surface area (Å²) in [6.07, 6.45) is 1.73. The summed E-state index contributed by atoms with van der Waals surface area (Å²) in [6.45, 7) is 5.65. The first kappa shape index (κ1) is 9.69. The van der Waals surface area contributed by atoms with Gasteiger partial charge in [0, 0.05) is 5.92 Å². The Balaban J connectivity index is 2.45. The molecule has 3 unspecified atom stereocenters. The molecule has 78 valence electrons. The van der Waals surface area contributed by atoms with Crippen molar-refractivity contribution in [3.8, 4) is 0 Å². The average molecular weight is 196 g/mol. The number of fused-ring (bicyclic) bond motifs is 1. The van der Waals surface area contributed by atoms with E-state index in [0.717, 1.165) is 12.8 Å². The van der Waals surface area contributed by atoms with Gasteiger partial charge in [0.05, 0.1) is 0 Å². The van der Waals surface area contributed by atoms with E-state index < -0.39 is 11.4 Å². The van der Waals surface area contributed by atoms with Crippen LogP contribution < -0.4 is 0 Å². The molecule has 0 spiro atoms. The maximum absolute atomic E-state index is 12.0. The van der Waals surface area contributed by atoms with E-state index in [1.165, 1.54) is 0 Å². The Morgan fingerprint density at radius 2 is 2.00 bits per heavy atom. The molecule has 2 saturated carbocycles. The van der Waals surface area contributed by atoms with Gasteiger partial charge in [-0.15, -0.1) is 0 Å². The van der Waals surface area contributed by atoms with Gasteiger partial charge in [-0.05, 0) is 24.2 Å². The molecule has 2 rings (SSSR count). The zero-order valence-electron chi connectivity index (χ0n) is 8.83. The summed E-state index contributed by atoms with van der Waals surface area (Å²) in [4.78, 5) is 23.2. The van der Waals surface area contributed by atoms with Gasteiger partial charge in [0.15, 0.2) is 5.78 Å². The number of carboxylic acid groups (broad SMARTS) is 1. The van der Waals surface area contributed by atoms with Crippen molar-refractivity contribution in [2.45, 2.75) is 33.6 Å². The van der Waals surface area contributed by atoms with Crippen LogP contribution in [0, 0.1) is 22.7 Å². The number of carbonyl (C=O) groups is 2. The average Bonchev–Trinajstić information content (AvgIpc) is 2.58. The Kier molecular flexibility index (Phi) is 1.65. The van der Waals surface area contributed by atoms with Crippen LogP contribution in [-0.4, -0.2) is 16.9 Å². The molecule has 0 heterocycles. The molecular weight excluding hydrogens is 180 g/mol. The minimum Gasteiger partial charge on any atom is -0.480 e. The van der Waals surface area contributed by atoms with Crippen molar-refractivity contribution < 1.29 is 14.7 Å². The molecule has 3 nitrogen and oxygen atoms in total. The fourth-order valence-corrected chi connectivity index (χ4v) is 3.40. The number of ketones is 1. The van der Waals surface area contributed by atoms with Crippen LogP contribution in [0.25, 0.3) is 0 Å². The third-order valence-corrected chi connectivity index (χ3v) is 4.39. The van der Waals surface area contributed by atoms with Crippen LogP contribution in [0.1, 0.15) is 33.6 Å². The number of Topliss-reactive ketones (excluding diaryl/α,β-unsaturated/α-hetero) is 1. The van der Waals surface area contributed by atoms with Gasteiger partial charge < -0.3 is 5.11 Å². The first-order chi connectivity index (χ1) is 6.36. The second kappa shape index (κ2) is 2.38. The predicted molar refractivity (Wildman–Crippen MR) is 50.7 cm³/mol. The van der Waals surface area contributed by atoms with Crippen molar-refractivity contribution >= 4 is 11.8 Å². The van der Waals surface area contributed by atoms with Gasteiger partial charge in [0.1, 0.15) is 5.41 Å². The molecule has 0 aromatic rings. The molecule has 0 amide bonds. The van der Waals surface area contributed by atoms with Gasteiger partial charge in [-0.2, -0.15) is 0 Å². The fraction of sp³-hybridized carbons (Fsp3) is 0.818. The SMILES string of the molecule is CC1CCC2C(C)(C)C2(C(=O)O)C1=O. The van der Waals surface area contributed by atoms with E-state index >= 15 is 0 Å². The second-order valence-corrected chi connectivity index (χ2v) is 5.23. The summed E-state index contributed by atoms with van der Waals surface area (Å²) in [5, 5.41) is 9.24. The number of aliphatic carboxylic acids is 1. The standard InChI is InChI=1S/C11H16O3/c1-6-4-5-7-10(2,3)11(7,8(6)12)9(13)14/h6-7H,4-5H2,1-3H3,(H,13,14). The molecule has 0 aromatic heterocycles. The first-order valence-corrected chi connectivity index (χ1v) is 5.14. The van der Waals surface area contributed by atoms with Crippen LogP contribution in [0.15, 0.2) is 0 Å². The quantitative estimate of drug-likeness (QED) is 0.649. The zero-order chi connectivity index (χ0) is 10.7. The molecule has 0 saturated heterocycles. The molecule has 14 heavy (non-hydrogen) atoms. The minimum atomic E-state index is -1.05. The maximum Gasteiger partial charge on any atom is 0.318 e. The number of rotatable bonds is 1. The lowest BCUT2D eigenvalue weighted by Gasteiger charge is -2.22. The van der Waals surface area contributed by atoms with Crippen molar-refractivity contribution in [3.63, 3.8) is 0 Å². The van der Waals surface area contributed by atoms with E-state index in [1.807, 2.05) is 20.8 Å². The number of hydrogen-bond acceptors (Lipinski definition) is 2. The predicted octanol–water partition coefficient (Wildman–Crippen LogP) is 1.71. The molecular formula is C11H16O3. The Labute approximate surface area is 83.5 Å². The lowest BCUT2D eigenvalue weighted by Crippen LogP contribution is -2.37. The van der Waals surface area contributed by atoms with Gasteiger partial charge in [-0.1, -0.05) is 20.8 Å². The Morgan fingerprint density at radius 1 is 1.43 bits per heavy atom. The van der Waals surface area contributed by atoms with E-state index in [1.54, 1.807) is 0 Å². The molecule has 2 aliphatic rings. The molecule has 0 aliphatic heterocycles. The van der Waals surface area contributed by atoms with E-state index in [4.69, 9.17) is 0 Å². The minimum absolute atomic E-state index is 0.0498. The smallest absolute Gasteiger partial charge is 0.318 e. The van der Waals surface area contributed by atoms with Crippen LogP contribution in [0.3, 0.4) is 0 Å². The van der Waals surface area contributed by atoms with Crippen LogP contribution in [0.4, 0.5) is 0 Å². The van der Waals surface area contributed by atoms with Crippen LogP contribution in [-0.2, 0) is 9.59 Å². The first-order valence-electron chi connectivity index (χ1n) is 5.14. The Hall–Kier alpha value is -0.860. The summed E-state index contributed by atoms with van der Waals surface area (Å²) in [7, 11) is 0. The molecule has 1 N–H and O–H groups in total. The second-order valence-electron chi connectivity index (χ2n) is 5.23. The summed E-state index contributed by atoms with van der Waals surface area (Å²) in [6, 6.07) is 0. The molecule has 3 heteroatoms. The fourth-order valence-electron chi connectivity index (χ4n) is 3.40. The number of carboxylic acids is 1. The van der Waals surface area contributed by atoms with Crippen molar-refractivity contribution in [2.75, 3.05) is 0 Å². The van der Waals surface area contributed by atoms with E-state index in [0.29, 0.717) is 0 Å². The number of carbonyl (C=O) groups excluding carboxylic acids is 1. The molecule has 3 atom stereocenters. The lowest BCUT2D eigenvalue weighted by atomic mass is 9.79. The summed E-state index contributed by atoms with van der Waals surface area (Å²) < 4.78 is 0. The van der Waals surface area contributed by atoms with Gasteiger partial charge in [0.2, 0.25) is 0 Å². The topological polar surface area (TPSA) is 54.4 Å². The highest BCUT2D eigenvalue weighted by Crippen LogP contribution is 2.73.